The Morgan fingerprint density at radius 1 is 1.09 bits per heavy atom. The van der Waals surface area contributed by atoms with Gasteiger partial charge in [0.05, 0.1) is 18.7 Å². The first kappa shape index (κ1) is 23.1. The van der Waals surface area contributed by atoms with Crippen LogP contribution in [0, 0.1) is 5.82 Å². The first-order chi connectivity index (χ1) is 17.0. The Balaban J connectivity index is 1.34. The molecule has 4 aromatic rings. The summed E-state index contributed by atoms with van der Waals surface area (Å²) in [6, 6.07) is 18.7. The van der Waals surface area contributed by atoms with Gasteiger partial charge in [0.15, 0.2) is 0 Å². The fourth-order valence-corrected chi connectivity index (χ4v) is 5.18. The molecule has 5 rings (SSSR count). The van der Waals surface area contributed by atoms with Crippen LogP contribution in [-0.4, -0.2) is 35.0 Å². The van der Waals surface area contributed by atoms with Crippen LogP contribution in [0.25, 0.3) is 20.9 Å². The lowest BCUT2D eigenvalue weighted by atomic mass is 9.92. The van der Waals surface area contributed by atoms with Gasteiger partial charge in [0, 0.05) is 23.1 Å². The summed E-state index contributed by atoms with van der Waals surface area (Å²) >= 11 is 1.34. The lowest BCUT2D eigenvalue weighted by Gasteiger charge is -2.14. The largest absolute Gasteiger partial charge is 0.466 e. The molecule has 1 N–H and O–H groups in total. The number of pyridine rings is 1. The molecule has 0 saturated heterocycles. The minimum Gasteiger partial charge on any atom is -0.466 e. The number of nitrogens with one attached hydrogen (secondary N) is 1. The Morgan fingerprint density at radius 2 is 1.89 bits per heavy atom. The number of hydrogen-bond acceptors (Lipinski definition) is 6. The van der Waals surface area contributed by atoms with Gasteiger partial charge in [-0.15, -0.1) is 0 Å². The number of amides is 1. The van der Waals surface area contributed by atoms with E-state index in [1.165, 1.54) is 23.0 Å². The van der Waals surface area contributed by atoms with Gasteiger partial charge in [-0.25, -0.2) is 14.4 Å². The number of carbonyl (C=O) groups is 2. The maximum atomic E-state index is 15.0. The van der Waals surface area contributed by atoms with Gasteiger partial charge >= 0.3 is 5.97 Å². The molecular formula is C27H24FN3O3S. The molecule has 1 saturated carbocycles. The molecule has 6 nitrogen and oxygen atoms in total. The predicted molar refractivity (Wildman–Crippen MR) is 133 cm³/mol. The quantitative estimate of drug-likeness (QED) is 0.342. The molecule has 1 aliphatic rings. The highest BCUT2D eigenvalue weighted by Gasteiger charge is 2.47. The van der Waals surface area contributed by atoms with Crippen LogP contribution in [0.15, 0.2) is 60.7 Å². The molecule has 8 heteroatoms. The predicted octanol–water partition coefficient (Wildman–Crippen LogP) is 5.26. The van der Waals surface area contributed by atoms with Gasteiger partial charge in [0.2, 0.25) is 0 Å². The fraction of sp³-hybridized carbons (Fsp3) is 0.259. The van der Waals surface area contributed by atoms with Gasteiger partial charge in [-0.05, 0) is 55.7 Å². The third-order valence-corrected chi connectivity index (χ3v) is 7.20. The van der Waals surface area contributed by atoms with Crippen molar-refractivity contribution < 1.29 is 18.7 Å². The van der Waals surface area contributed by atoms with E-state index in [2.05, 4.69) is 22.4 Å². The molecule has 0 unspecified atom stereocenters. The second kappa shape index (κ2) is 9.54. The Kier molecular flexibility index (Phi) is 6.30. The summed E-state index contributed by atoms with van der Waals surface area (Å²) in [7, 11) is 0. The Morgan fingerprint density at radius 3 is 2.60 bits per heavy atom. The number of hydrogen-bond donors (Lipinski definition) is 1. The Bertz CT molecular complexity index is 1400. The molecule has 0 atom stereocenters. The topological polar surface area (TPSA) is 81.2 Å². The lowest BCUT2D eigenvalue weighted by Crippen LogP contribution is -2.26. The van der Waals surface area contributed by atoms with Crippen molar-refractivity contribution in [3.63, 3.8) is 0 Å². The van der Waals surface area contributed by atoms with E-state index in [9.17, 15) is 14.0 Å². The number of carbonyl (C=O) groups excluding carboxylic acids is 2. The molecule has 0 bridgehead atoms. The van der Waals surface area contributed by atoms with Crippen LogP contribution in [0.4, 0.5) is 4.39 Å². The van der Waals surface area contributed by atoms with E-state index in [0.717, 1.165) is 28.9 Å². The molecule has 0 aliphatic heterocycles. The second-order valence-electron chi connectivity index (χ2n) is 8.49. The number of rotatable bonds is 8. The van der Waals surface area contributed by atoms with E-state index in [4.69, 9.17) is 9.72 Å². The van der Waals surface area contributed by atoms with Crippen LogP contribution in [0.1, 0.15) is 47.8 Å². The van der Waals surface area contributed by atoms with Gasteiger partial charge in [-0.2, -0.15) is 0 Å². The van der Waals surface area contributed by atoms with Crippen LogP contribution in [0.5, 0.6) is 0 Å². The molecule has 0 spiro atoms. The average molecular weight is 490 g/mol. The van der Waals surface area contributed by atoms with Crippen LogP contribution in [-0.2, 0) is 14.9 Å². The van der Waals surface area contributed by atoms with Crippen molar-refractivity contribution in [1.29, 1.82) is 0 Å². The van der Waals surface area contributed by atoms with Gasteiger partial charge in [0.1, 0.15) is 21.2 Å². The molecule has 35 heavy (non-hydrogen) atoms. The lowest BCUT2D eigenvalue weighted by molar-refractivity contribution is -0.142. The van der Waals surface area contributed by atoms with E-state index < -0.39 is 17.7 Å². The van der Waals surface area contributed by atoms with Crippen LogP contribution in [0.3, 0.4) is 0 Å². The van der Waals surface area contributed by atoms with Gasteiger partial charge in [-0.3, -0.25) is 9.59 Å². The number of esters is 1. The Labute approximate surface area is 206 Å². The third kappa shape index (κ3) is 4.66. The SMILES string of the molecule is CCOC(=O)CCNC(=O)c1ccc(-c2nc3ccc(C4(c5ccccc5)CC4)nc3s2)c(F)c1. The summed E-state index contributed by atoms with van der Waals surface area (Å²) in [4.78, 5) is 34.0. The number of benzene rings is 2. The molecule has 1 fully saturated rings. The number of ether oxygens (including phenoxy) is 1. The zero-order valence-corrected chi connectivity index (χ0v) is 20.0. The first-order valence-corrected chi connectivity index (χ1v) is 12.4. The average Bonchev–Trinajstić information content (AvgIpc) is 3.57. The summed E-state index contributed by atoms with van der Waals surface area (Å²) in [5.74, 6) is -1.38. The van der Waals surface area contributed by atoms with E-state index >= 15 is 0 Å². The van der Waals surface area contributed by atoms with E-state index in [1.807, 2.05) is 30.3 Å². The molecule has 0 radical (unpaired) electrons. The minimum absolute atomic E-state index is 0.0485. The van der Waals surface area contributed by atoms with Crippen LogP contribution >= 0.6 is 11.3 Å². The maximum absolute atomic E-state index is 15.0. The summed E-state index contributed by atoms with van der Waals surface area (Å²) in [5, 5.41) is 3.12. The monoisotopic (exact) mass is 489 g/mol. The standard InChI is InChI=1S/C27H24FN3O3S/c1-2-34-23(32)12-15-29-24(33)17-8-9-19(20(28)16-17)25-30-21-10-11-22(31-26(21)35-25)27(13-14-27)18-6-4-3-5-7-18/h3-11,16H,2,12-15H2,1H3,(H,29,33). The number of aromatic nitrogens is 2. The van der Waals surface area contributed by atoms with Crippen molar-refractivity contribution in [3.05, 3.63) is 83.3 Å². The molecule has 1 aliphatic carbocycles. The fourth-order valence-electron chi connectivity index (χ4n) is 4.22. The molecule has 2 heterocycles. The molecule has 2 aromatic carbocycles. The third-order valence-electron chi connectivity index (χ3n) is 6.20. The van der Waals surface area contributed by atoms with Crippen LogP contribution < -0.4 is 5.32 Å². The van der Waals surface area contributed by atoms with Crippen molar-refractivity contribution in [2.45, 2.75) is 31.6 Å². The summed E-state index contributed by atoms with van der Waals surface area (Å²) in [6.07, 6.45) is 2.17. The maximum Gasteiger partial charge on any atom is 0.307 e. The normalized spacial score (nSPS) is 14.0. The van der Waals surface area contributed by atoms with Gasteiger partial charge in [-0.1, -0.05) is 41.7 Å². The second-order valence-corrected chi connectivity index (χ2v) is 9.47. The van der Waals surface area contributed by atoms with Crippen molar-refractivity contribution >= 4 is 33.6 Å². The van der Waals surface area contributed by atoms with Crippen molar-refractivity contribution in [2.75, 3.05) is 13.2 Å². The highest BCUT2D eigenvalue weighted by Crippen LogP contribution is 2.53. The van der Waals surface area contributed by atoms with Gasteiger partial charge < -0.3 is 10.1 Å². The number of halogens is 1. The van der Waals surface area contributed by atoms with Crippen LogP contribution in [0.2, 0.25) is 0 Å². The summed E-state index contributed by atoms with van der Waals surface area (Å²) < 4.78 is 19.8. The highest BCUT2D eigenvalue weighted by molar-refractivity contribution is 7.21. The number of nitrogens with zero attached hydrogens (tertiary/aromatic N) is 2. The van der Waals surface area contributed by atoms with Crippen molar-refractivity contribution in [3.8, 4) is 10.6 Å². The molecule has 2 aromatic heterocycles. The van der Waals surface area contributed by atoms with Crippen molar-refractivity contribution in [2.24, 2.45) is 0 Å². The van der Waals surface area contributed by atoms with E-state index in [0.29, 0.717) is 10.6 Å². The Hall–Kier alpha value is -3.65. The smallest absolute Gasteiger partial charge is 0.307 e. The zero-order valence-electron chi connectivity index (χ0n) is 19.2. The van der Waals surface area contributed by atoms with Gasteiger partial charge in [0.25, 0.3) is 5.91 Å². The number of fused-ring (bicyclic) bond motifs is 1. The highest BCUT2D eigenvalue weighted by atomic mass is 32.1. The van der Waals surface area contributed by atoms with E-state index in [1.54, 1.807) is 19.1 Å². The van der Waals surface area contributed by atoms with Crippen molar-refractivity contribution in [1.82, 2.24) is 15.3 Å². The number of thiazole rings is 1. The first-order valence-electron chi connectivity index (χ1n) is 11.6. The summed E-state index contributed by atoms with van der Waals surface area (Å²) in [6.45, 7) is 2.13. The van der Waals surface area contributed by atoms with E-state index in [-0.39, 0.29) is 30.6 Å². The zero-order chi connectivity index (χ0) is 24.4. The summed E-state index contributed by atoms with van der Waals surface area (Å²) in [5.41, 5.74) is 3.45. The molecular weight excluding hydrogens is 465 g/mol. The molecule has 1 amide bonds. The molecule has 178 valence electrons. The minimum atomic E-state index is -0.537.